The molecule has 0 atom stereocenters. The van der Waals surface area contributed by atoms with Crippen molar-refractivity contribution in [1.29, 1.82) is 5.26 Å². The second-order valence-electron chi connectivity index (χ2n) is 0.296. The van der Waals surface area contributed by atoms with Gasteiger partial charge in [-0.2, -0.15) is 11.3 Å². The first kappa shape index (κ1) is 3.41. The fourth-order valence-corrected chi connectivity index (χ4v) is 0. The zero-order valence-corrected chi connectivity index (χ0v) is 2.10. The van der Waals surface area contributed by atoms with Gasteiger partial charge in [-0.15, -0.1) is 5.26 Å². The van der Waals surface area contributed by atoms with Crippen molar-refractivity contribution in [2.45, 2.75) is 0 Å². The number of rotatable bonds is 0. The zero-order chi connectivity index (χ0) is 3.41. The molecular formula is CH4N3+. The van der Waals surface area contributed by atoms with Gasteiger partial charge >= 0.3 is 6.19 Å². The van der Waals surface area contributed by atoms with Crippen molar-refractivity contribution in [3.05, 3.63) is 0 Å². The quantitative estimate of drug-likeness (QED) is 0.190. The van der Waals surface area contributed by atoms with Gasteiger partial charge in [0.05, 0.1) is 0 Å². The first-order valence-corrected chi connectivity index (χ1v) is 0.846. The minimum atomic E-state index is 0.931. The van der Waals surface area contributed by atoms with Crippen molar-refractivity contribution >= 4 is 0 Å². The predicted octanol–water partition coefficient (Wildman–Crippen LogP) is -2.10. The Balaban J connectivity index is 2.43. The largest absolute Gasteiger partial charge is 0.326 e. The molecule has 0 heterocycles. The summed E-state index contributed by atoms with van der Waals surface area (Å²) < 4.78 is 0. The first-order valence-electron chi connectivity index (χ1n) is 0.846. The standard InChI is InChI=1S/CH3N3/c2-1-4-3/h4H,3H2/p+1. The summed E-state index contributed by atoms with van der Waals surface area (Å²) in [7, 11) is 0. The van der Waals surface area contributed by atoms with Crippen molar-refractivity contribution in [2.75, 3.05) is 0 Å². The molecule has 4 N–H and O–H groups in total. The molecule has 0 spiro atoms. The third kappa shape index (κ3) is 1.41. The summed E-state index contributed by atoms with van der Waals surface area (Å²) in [6.45, 7) is 0. The molecule has 3 nitrogen and oxygen atoms in total. The predicted molar refractivity (Wildman–Crippen MR) is 11.7 cm³/mol. The lowest BCUT2D eigenvalue weighted by atomic mass is 11.4. The Morgan fingerprint density at radius 2 is 2.25 bits per heavy atom. The number of nitrogens with zero attached hydrogens (tertiary/aromatic N) is 1. The average molecular weight is 58.1 g/mol. The van der Waals surface area contributed by atoms with E-state index in [1.54, 1.807) is 6.19 Å². The minimum Gasteiger partial charge on any atom is -0.173 e. The molecule has 3 heteroatoms. The number of hydrogen-bond donors (Lipinski definition) is 2. The molecule has 0 amide bonds. The second-order valence-corrected chi connectivity index (χ2v) is 0.296. The van der Waals surface area contributed by atoms with E-state index in [1.165, 1.54) is 0 Å². The Morgan fingerprint density at radius 3 is 2.25 bits per heavy atom. The Labute approximate surface area is 24.0 Å². The third-order valence-corrected chi connectivity index (χ3v) is 0.0745. The van der Waals surface area contributed by atoms with Gasteiger partial charge in [0, 0.05) is 0 Å². The lowest BCUT2D eigenvalue weighted by Gasteiger charge is -1.53. The maximum Gasteiger partial charge on any atom is 0.326 e. The summed E-state index contributed by atoms with van der Waals surface area (Å²) in [6.07, 6.45) is 1.58. The van der Waals surface area contributed by atoms with Crippen LogP contribution in [0.5, 0.6) is 0 Å². The molecule has 0 aliphatic carbocycles. The van der Waals surface area contributed by atoms with Crippen LogP contribution in [0.1, 0.15) is 0 Å². The molecule has 0 rings (SSSR count). The van der Waals surface area contributed by atoms with Gasteiger partial charge in [-0.25, -0.2) is 0 Å². The van der Waals surface area contributed by atoms with Gasteiger partial charge in [-0.05, 0) is 0 Å². The van der Waals surface area contributed by atoms with E-state index in [0.29, 0.717) is 0 Å². The molecule has 0 fully saturated rings. The summed E-state index contributed by atoms with van der Waals surface area (Å²) in [5.41, 5.74) is 0.931. The Morgan fingerprint density at radius 1 is 2.00 bits per heavy atom. The smallest absolute Gasteiger partial charge is 0.173 e. The molecule has 0 radical (unpaired) electrons. The van der Waals surface area contributed by atoms with E-state index < -0.39 is 0 Å². The van der Waals surface area contributed by atoms with Crippen LogP contribution in [0.2, 0.25) is 0 Å². The van der Waals surface area contributed by atoms with Crippen molar-refractivity contribution in [3.8, 4) is 6.19 Å². The van der Waals surface area contributed by atoms with Gasteiger partial charge in [-0.1, -0.05) is 0 Å². The van der Waals surface area contributed by atoms with Gasteiger partial charge < -0.3 is 0 Å². The van der Waals surface area contributed by atoms with E-state index in [-0.39, 0.29) is 0 Å². The average Bonchev–Trinajstić information content (AvgIpc) is 1.37. The number of hydrogen-bond acceptors (Lipinski definition) is 2. The van der Waals surface area contributed by atoms with Crippen LogP contribution in [0.25, 0.3) is 0 Å². The molecule has 0 aliphatic rings. The molecule has 22 valence electrons. The molecule has 0 aromatic carbocycles. The summed E-state index contributed by atoms with van der Waals surface area (Å²) in [4.78, 5) is 0. The molecule has 0 unspecified atom stereocenters. The highest BCUT2D eigenvalue weighted by molar-refractivity contribution is 4.28. The SMILES string of the molecule is N#C[NH2+]N. The van der Waals surface area contributed by atoms with Gasteiger partial charge in [0.1, 0.15) is 0 Å². The van der Waals surface area contributed by atoms with Crippen LogP contribution in [0, 0.1) is 11.5 Å². The number of nitrogens with two attached hydrogens (primary N) is 2. The monoisotopic (exact) mass is 58.0 g/mol. The molecule has 0 saturated heterocycles. The van der Waals surface area contributed by atoms with Crippen molar-refractivity contribution < 1.29 is 5.43 Å². The Bertz CT molecular complexity index is 33.0. The minimum absolute atomic E-state index is 0.931. The van der Waals surface area contributed by atoms with Crippen molar-refractivity contribution in [2.24, 2.45) is 5.84 Å². The normalized spacial score (nSPS) is 5.00. The Kier molecular flexibility index (Phi) is 2.05. The zero-order valence-electron chi connectivity index (χ0n) is 2.10. The van der Waals surface area contributed by atoms with E-state index in [4.69, 9.17) is 5.26 Å². The van der Waals surface area contributed by atoms with E-state index in [9.17, 15) is 0 Å². The molecule has 0 bridgehead atoms. The summed E-state index contributed by atoms with van der Waals surface area (Å²) in [5.74, 6) is 4.54. The van der Waals surface area contributed by atoms with Gasteiger partial charge in [0.15, 0.2) is 0 Å². The van der Waals surface area contributed by atoms with Crippen LogP contribution < -0.4 is 11.3 Å². The van der Waals surface area contributed by atoms with Crippen LogP contribution in [-0.2, 0) is 0 Å². The molecule has 0 aliphatic heterocycles. The fraction of sp³-hybridized carbons (Fsp3) is 0. The van der Waals surface area contributed by atoms with E-state index in [1.807, 2.05) is 0 Å². The number of nitriles is 1. The lowest BCUT2D eigenvalue weighted by Crippen LogP contribution is -2.86. The van der Waals surface area contributed by atoms with Crippen LogP contribution in [0.3, 0.4) is 0 Å². The summed E-state index contributed by atoms with van der Waals surface area (Å²) in [5, 5.41) is 7.44. The lowest BCUT2D eigenvalue weighted by molar-refractivity contribution is -0.582. The van der Waals surface area contributed by atoms with E-state index in [2.05, 4.69) is 5.84 Å². The van der Waals surface area contributed by atoms with Crippen LogP contribution in [-0.4, -0.2) is 0 Å². The van der Waals surface area contributed by atoms with Crippen LogP contribution in [0.4, 0.5) is 0 Å². The second kappa shape index (κ2) is 2.41. The van der Waals surface area contributed by atoms with E-state index in [0.717, 1.165) is 5.43 Å². The molecule has 4 heavy (non-hydrogen) atoms. The highest BCUT2D eigenvalue weighted by Gasteiger charge is 1.48. The molecule has 0 saturated carbocycles. The maximum atomic E-state index is 7.44. The van der Waals surface area contributed by atoms with Crippen LogP contribution in [0.15, 0.2) is 0 Å². The van der Waals surface area contributed by atoms with Crippen molar-refractivity contribution in [3.63, 3.8) is 0 Å². The van der Waals surface area contributed by atoms with Crippen LogP contribution >= 0.6 is 0 Å². The fourth-order valence-electron chi connectivity index (χ4n) is 0. The molecule has 0 aromatic rings. The van der Waals surface area contributed by atoms with Gasteiger partial charge in [0.2, 0.25) is 0 Å². The van der Waals surface area contributed by atoms with Gasteiger partial charge in [0.25, 0.3) is 0 Å². The third-order valence-electron chi connectivity index (χ3n) is 0.0745. The van der Waals surface area contributed by atoms with Crippen molar-refractivity contribution in [1.82, 2.24) is 0 Å². The topological polar surface area (TPSA) is 66.4 Å². The summed E-state index contributed by atoms with van der Waals surface area (Å²) >= 11 is 0. The van der Waals surface area contributed by atoms with E-state index >= 15 is 0 Å². The first-order chi connectivity index (χ1) is 1.91. The number of quaternary nitrogens is 1. The summed E-state index contributed by atoms with van der Waals surface area (Å²) in [6, 6.07) is 0. The molecular weight excluding hydrogens is 54.0 g/mol. The maximum absolute atomic E-state index is 7.44. The Hall–Kier alpha value is -0.590. The highest BCUT2D eigenvalue weighted by atomic mass is 15.2. The molecule has 0 aromatic heterocycles. The highest BCUT2D eigenvalue weighted by Crippen LogP contribution is 0.846. The van der Waals surface area contributed by atoms with Gasteiger partial charge in [-0.3, -0.25) is 0 Å².